The normalized spacial score (nSPS) is 13.9. The second-order valence-electron chi connectivity index (χ2n) is 5.68. The maximum absolute atomic E-state index is 3.63. The van der Waals surface area contributed by atoms with E-state index < -0.39 is 0 Å². The lowest BCUT2D eigenvalue weighted by molar-refractivity contribution is 0.501. The molecule has 2 atom stereocenters. The molecular weight excluding hydrogens is 274 g/mol. The third-order valence-electron chi connectivity index (χ3n) is 3.74. The largest absolute Gasteiger partial charge is 0.310 e. The first-order valence-corrected chi connectivity index (χ1v) is 8.97. The molecule has 2 heteroatoms. The van der Waals surface area contributed by atoms with Crippen LogP contribution in [-0.2, 0) is 0 Å². The Morgan fingerprint density at radius 2 is 1.52 bits per heavy atom. The second kappa shape index (κ2) is 8.26. The van der Waals surface area contributed by atoms with Crippen LogP contribution < -0.4 is 5.32 Å². The second-order valence-corrected chi connectivity index (χ2v) is 6.59. The standard InChI is InChI=1S/C19H25NS/c1-15(14-21-3)13-20-16(2)17-9-11-19(12-10-17)18-7-5-4-6-8-18/h4-12,15-16,20H,13-14H2,1-3H3. The van der Waals surface area contributed by atoms with Crippen LogP contribution in [0.3, 0.4) is 0 Å². The molecule has 1 N–H and O–H groups in total. The molecular formula is C19H25NS. The Labute approximate surface area is 133 Å². The molecule has 0 bridgehead atoms. The molecule has 2 aromatic rings. The molecule has 112 valence electrons. The molecule has 1 nitrogen and oxygen atoms in total. The van der Waals surface area contributed by atoms with Gasteiger partial charge in [-0.15, -0.1) is 0 Å². The molecule has 2 rings (SSSR count). The molecule has 0 saturated carbocycles. The minimum absolute atomic E-state index is 0.402. The van der Waals surface area contributed by atoms with Crippen LogP contribution in [0.15, 0.2) is 54.6 Å². The van der Waals surface area contributed by atoms with Crippen LogP contribution in [0, 0.1) is 5.92 Å². The predicted molar refractivity (Wildman–Crippen MR) is 95.8 cm³/mol. The average molecular weight is 299 g/mol. The smallest absolute Gasteiger partial charge is 0.0291 e. The zero-order chi connectivity index (χ0) is 15.1. The molecule has 21 heavy (non-hydrogen) atoms. The highest BCUT2D eigenvalue weighted by atomic mass is 32.2. The SMILES string of the molecule is CSCC(C)CNC(C)c1ccc(-c2ccccc2)cc1. The van der Waals surface area contributed by atoms with E-state index in [-0.39, 0.29) is 0 Å². The summed E-state index contributed by atoms with van der Waals surface area (Å²) in [5.41, 5.74) is 3.91. The van der Waals surface area contributed by atoms with Gasteiger partial charge < -0.3 is 5.32 Å². The third-order valence-corrected chi connectivity index (χ3v) is 4.64. The molecule has 0 fully saturated rings. The first kappa shape index (κ1) is 16.1. The molecule has 0 heterocycles. The molecule has 0 aromatic heterocycles. The van der Waals surface area contributed by atoms with Crippen molar-refractivity contribution in [3.63, 3.8) is 0 Å². The van der Waals surface area contributed by atoms with Crippen LogP contribution >= 0.6 is 11.8 Å². The summed E-state index contributed by atoms with van der Waals surface area (Å²) >= 11 is 1.92. The van der Waals surface area contributed by atoms with Crippen molar-refractivity contribution < 1.29 is 0 Å². The van der Waals surface area contributed by atoms with E-state index in [4.69, 9.17) is 0 Å². The van der Waals surface area contributed by atoms with Crippen molar-refractivity contribution in [2.45, 2.75) is 19.9 Å². The zero-order valence-corrected chi connectivity index (χ0v) is 14.0. The summed E-state index contributed by atoms with van der Waals surface area (Å²) in [6.07, 6.45) is 2.17. The minimum Gasteiger partial charge on any atom is -0.310 e. The highest BCUT2D eigenvalue weighted by Gasteiger charge is 2.07. The van der Waals surface area contributed by atoms with E-state index in [9.17, 15) is 0 Å². The maximum atomic E-state index is 3.63. The Bertz CT molecular complexity index is 521. The molecule has 0 amide bonds. The first-order chi connectivity index (χ1) is 10.2. The Morgan fingerprint density at radius 3 is 2.14 bits per heavy atom. The summed E-state index contributed by atoms with van der Waals surface area (Å²) in [7, 11) is 0. The molecule has 0 spiro atoms. The lowest BCUT2D eigenvalue weighted by atomic mass is 10.0. The highest BCUT2D eigenvalue weighted by Crippen LogP contribution is 2.21. The Morgan fingerprint density at radius 1 is 0.905 bits per heavy atom. The number of hydrogen-bond acceptors (Lipinski definition) is 2. The van der Waals surface area contributed by atoms with Crippen molar-refractivity contribution >= 4 is 11.8 Å². The fraction of sp³-hybridized carbons (Fsp3) is 0.368. The molecule has 0 aliphatic carbocycles. The van der Waals surface area contributed by atoms with Crippen molar-refractivity contribution in [3.8, 4) is 11.1 Å². The van der Waals surface area contributed by atoms with E-state index in [2.05, 4.69) is 80.0 Å². The van der Waals surface area contributed by atoms with Crippen molar-refractivity contribution in [1.82, 2.24) is 5.32 Å². The molecule has 2 aromatic carbocycles. The number of nitrogens with one attached hydrogen (secondary N) is 1. The number of rotatable bonds is 7. The summed E-state index contributed by atoms with van der Waals surface area (Å²) in [5.74, 6) is 1.93. The van der Waals surface area contributed by atoms with Crippen LogP contribution in [0.4, 0.5) is 0 Å². The van der Waals surface area contributed by atoms with Gasteiger partial charge in [0.05, 0.1) is 0 Å². The van der Waals surface area contributed by atoms with Crippen molar-refractivity contribution in [1.29, 1.82) is 0 Å². The summed E-state index contributed by atoms with van der Waals surface area (Å²) in [5, 5.41) is 3.63. The van der Waals surface area contributed by atoms with E-state index in [1.807, 2.05) is 11.8 Å². The first-order valence-electron chi connectivity index (χ1n) is 7.58. The van der Waals surface area contributed by atoms with E-state index in [0.29, 0.717) is 12.0 Å². The zero-order valence-electron chi connectivity index (χ0n) is 13.2. The van der Waals surface area contributed by atoms with Crippen molar-refractivity contribution in [2.75, 3.05) is 18.6 Å². The molecule has 2 unspecified atom stereocenters. The molecule has 0 radical (unpaired) electrons. The number of hydrogen-bond donors (Lipinski definition) is 1. The third kappa shape index (κ3) is 4.90. The number of benzene rings is 2. The maximum Gasteiger partial charge on any atom is 0.0291 e. The summed E-state index contributed by atoms with van der Waals surface area (Å²) in [4.78, 5) is 0. The lowest BCUT2D eigenvalue weighted by Crippen LogP contribution is -2.25. The van der Waals surface area contributed by atoms with Gasteiger partial charge in [0.2, 0.25) is 0 Å². The van der Waals surface area contributed by atoms with Gasteiger partial charge in [0.1, 0.15) is 0 Å². The lowest BCUT2D eigenvalue weighted by Gasteiger charge is -2.18. The highest BCUT2D eigenvalue weighted by molar-refractivity contribution is 7.98. The summed E-state index contributed by atoms with van der Waals surface area (Å²) in [6, 6.07) is 19.8. The minimum atomic E-state index is 0.402. The molecule has 0 aliphatic heterocycles. The van der Waals surface area contributed by atoms with E-state index in [0.717, 1.165) is 6.54 Å². The fourth-order valence-electron chi connectivity index (χ4n) is 2.43. The van der Waals surface area contributed by atoms with Gasteiger partial charge in [0, 0.05) is 6.04 Å². The fourth-order valence-corrected chi connectivity index (χ4v) is 3.12. The van der Waals surface area contributed by atoms with Crippen LogP contribution in [0.5, 0.6) is 0 Å². The Hall–Kier alpha value is -1.25. The van der Waals surface area contributed by atoms with Gasteiger partial charge in [-0.1, -0.05) is 61.5 Å². The van der Waals surface area contributed by atoms with Crippen LogP contribution in [-0.4, -0.2) is 18.6 Å². The molecule has 0 saturated heterocycles. The summed E-state index contributed by atoms with van der Waals surface area (Å²) in [6.45, 7) is 5.61. The average Bonchev–Trinajstić information content (AvgIpc) is 2.54. The van der Waals surface area contributed by atoms with E-state index >= 15 is 0 Å². The van der Waals surface area contributed by atoms with Crippen LogP contribution in [0.2, 0.25) is 0 Å². The van der Waals surface area contributed by atoms with Crippen LogP contribution in [0.25, 0.3) is 11.1 Å². The Balaban J connectivity index is 1.95. The summed E-state index contributed by atoms with van der Waals surface area (Å²) < 4.78 is 0. The van der Waals surface area contributed by atoms with Crippen molar-refractivity contribution in [3.05, 3.63) is 60.2 Å². The van der Waals surface area contributed by atoms with Gasteiger partial charge in [-0.25, -0.2) is 0 Å². The van der Waals surface area contributed by atoms with Crippen molar-refractivity contribution in [2.24, 2.45) is 5.92 Å². The van der Waals surface area contributed by atoms with Gasteiger partial charge in [0.15, 0.2) is 0 Å². The quantitative estimate of drug-likeness (QED) is 0.772. The molecule has 0 aliphatic rings. The van der Waals surface area contributed by atoms with E-state index in [1.165, 1.54) is 22.4 Å². The van der Waals surface area contributed by atoms with Gasteiger partial charge >= 0.3 is 0 Å². The van der Waals surface area contributed by atoms with E-state index in [1.54, 1.807) is 0 Å². The number of thioether (sulfide) groups is 1. The monoisotopic (exact) mass is 299 g/mol. The Kier molecular flexibility index (Phi) is 6.34. The topological polar surface area (TPSA) is 12.0 Å². The van der Waals surface area contributed by atoms with Gasteiger partial charge in [-0.05, 0) is 48.1 Å². The van der Waals surface area contributed by atoms with Gasteiger partial charge in [-0.3, -0.25) is 0 Å². The van der Waals surface area contributed by atoms with Gasteiger partial charge in [0.25, 0.3) is 0 Å². The van der Waals surface area contributed by atoms with Gasteiger partial charge in [-0.2, -0.15) is 11.8 Å². The van der Waals surface area contributed by atoms with Crippen LogP contribution in [0.1, 0.15) is 25.5 Å². The predicted octanol–water partition coefficient (Wildman–Crippen LogP) is 5.00.